The first-order valence-electron chi connectivity index (χ1n) is 6.64. The highest BCUT2D eigenvalue weighted by molar-refractivity contribution is 5.76. The van der Waals surface area contributed by atoms with E-state index in [1.807, 2.05) is 6.92 Å². The van der Waals surface area contributed by atoms with Crippen LogP contribution >= 0.6 is 0 Å². The van der Waals surface area contributed by atoms with E-state index in [0.29, 0.717) is 33.0 Å². The zero-order valence-electron chi connectivity index (χ0n) is 11.5. The molecule has 0 aromatic heterocycles. The number of rotatable bonds is 8. The van der Waals surface area contributed by atoms with Crippen LogP contribution in [-0.2, 0) is 19.0 Å². The Kier molecular flexibility index (Phi) is 7.23. The number of carbonyl (C=O) groups excluding carboxylic acids is 1. The minimum Gasteiger partial charge on any atom is -0.463 e. The average Bonchev–Trinajstić information content (AvgIpc) is 2.38. The molecule has 1 rings (SSSR count). The maximum Gasteiger partial charge on any atom is 0.313 e. The first-order chi connectivity index (χ1) is 8.69. The lowest BCUT2D eigenvalue weighted by molar-refractivity contribution is -0.157. The molecule has 18 heavy (non-hydrogen) atoms. The lowest BCUT2D eigenvalue weighted by atomic mass is 9.83. The zero-order valence-corrected chi connectivity index (χ0v) is 11.5. The van der Waals surface area contributed by atoms with E-state index in [-0.39, 0.29) is 11.4 Å². The molecule has 1 heterocycles. The van der Waals surface area contributed by atoms with Gasteiger partial charge in [-0.3, -0.25) is 4.79 Å². The Morgan fingerprint density at radius 1 is 1.28 bits per heavy atom. The predicted octanol–water partition coefficient (Wildman–Crippen LogP) is 0.972. The summed E-state index contributed by atoms with van der Waals surface area (Å²) in [5, 5.41) is 3.24. The molecule has 5 nitrogen and oxygen atoms in total. The Balaban J connectivity index is 2.05. The van der Waals surface area contributed by atoms with Crippen LogP contribution in [0.15, 0.2) is 0 Å². The molecule has 0 aliphatic carbocycles. The van der Waals surface area contributed by atoms with Crippen molar-refractivity contribution in [1.82, 2.24) is 5.32 Å². The van der Waals surface area contributed by atoms with E-state index >= 15 is 0 Å². The fourth-order valence-electron chi connectivity index (χ4n) is 2.01. The van der Waals surface area contributed by atoms with Crippen molar-refractivity contribution < 1.29 is 19.0 Å². The first-order valence-corrected chi connectivity index (χ1v) is 6.64. The molecule has 1 saturated heterocycles. The Hall–Kier alpha value is -0.650. The summed E-state index contributed by atoms with van der Waals surface area (Å²) in [6.07, 6.45) is 2.79. The largest absolute Gasteiger partial charge is 0.463 e. The van der Waals surface area contributed by atoms with Crippen LogP contribution in [0.25, 0.3) is 0 Å². The Morgan fingerprint density at radius 3 is 2.78 bits per heavy atom. The van der Waals surface area contributed by atoms with Crippen molar-refractivity contribution in [2.45, 2.75) is 26.2 Å². The van der Waals surface area contributed by atoms with Gasteiger partial charge in [-0.25, -0.2) is 0 Å². The Morgan fingerprint density at radius 2 is 2.11 bits per heavy atom. The molecular weight excluding hydrogens is 234 g/mol. The van der Waals surface area contributed by atoms with Gasteiger partial charge < -0.3 is 19.5 Å². The van der Waals surface area contributed by atoms with E-state index in [1.165, 1.54) is 0 Å². The molecule has 1 atom stereocenters. The van der Waals surface area contributed by atoms with Gasteiger partial charge in [0, 0.05) is 26.9 Å². The Bertz CT molecular complexity index is 239. The van der Waals surface area contributed by atoms with Crippen LogP contribution in [0.2, 0.25) is 0 Å². The van der Waals surface area contributed by atoms with E-state index in [2.05, 4.69) is 5.32 Å². The second kappa shape index (κ2) is 8.45. The van der Waals surface area contributed by atoms with Gasteiger partial charge in [0.15, 0.2) is 0 Å². The highest BCUT2D eigenvalue weighted by atomic mass is 16.6. The third-order valence-electron chi connectivity index (χ3n) is 3.19. The summed E-state index contributed by atoms with van der Waals surface area (Å²) in [7, 11) is 1.67. The monoisotopic (exact) mass is 259 g/mol. The van der Waals surface area contributed by atoms with Crippen LogP contribution in [0.4, 0.5) is 0 Å². The summed E-state index contributed by atoms with van der Waals surface area (Å²) in [5.41, 5.74) is -0.367. The van der Waals surface area contributed by atoms with Crippen molar-refractivity contribution in [1.29, 1.82) is 0 Å². The number of carbonyl (C=O) groups is 1. The van der Waals surface area contributed by atoms with Crippen molar-refractivity contribution >= 4 is 5.97 Å². The first kappa shape index (κ1) is 15.4. The minimum atomic E-state index is -0.367. The second-order valence-corrected chi connectivity index (χ2v) is 4.94. The average molecular weight is 259 g/mol. The van der Waals surface area contributed by atoms with Crippen LogP contribution in [-0.4, -0.2) is 52.6 Å². The van der Waals surface area contributed by atoms with E-state index in [1.54, 1.807) is 7.11 Å². The molecule has 106 valence electrons. The number of nitrogens with one attached hydrogen (secondary N) is 1. The smallest absolute Gasteiger partial charge is 0.313 e. The van der Waals surface area contributed by atoms with Gasteiger partial charge in [-0.2, -0.15) is 0 Å². The van der Waals surface area contributed by atoms with Crippen LogP contribution in [0, 0.1) is 5.41 Å². The number of methoxy groups -OCH3 is 1. The number of piperidine rings is 1. The lowest BCUT2D eigenvalue weighted by Gasteiger charge is -2.31. The lowest BCUT2D eigenvalue weighted by Crippen LogP contribution is -2.44. The van der Waals surface area contributed by atoms with Crippen molar-refractivity contribution in [3.8, 4) is 0 Å². The standard InChI is InChI=1S/C13H25NO4/c1-13(5-3-6-14-11-13)12(15)18-10-9-17-8-4-7-16-2/h14H,3-11H2,1-2H3. The van der Waals surface area contributed by atoms with E-state index in [9.17, 15) is 4.79 Å². The molecule has 0 aromatic rings. The van der Waals surface area contributed by atoms with Crippen LogP contribution in [0.3, 0.4) is 0 Å². The predicted molar refractivity (Wildman–Crippen MR) is 68.5 cm³/mol. The molecule has 1 aliphatic rings. The molecule has 0 spiro atoms. The molecule has 5 heteroatoms. The van der Waals surface area contributed by atoms with Crippen molar-refractivity contribution in [3.05, 3.63) is 0 Å². The quantitative estimate of drug-likeness (QED) is 0.520. The van der Waals surface area contributed by atoms with Crippen molar-refractivity contribution in [3.63, 3.8) is 0 Å². The summed E-state index contributed by atoms with van der Waals surface area (Å²) >= 11 is 0. The summed E-state index contributed by atoms with van der Waals surface area (Å²) < 4.78 is 15.5. The third-order valence-corrected chi connectivity index (χ3v) is 3.19. The van der Waals surface area contributed by atoms with Gasteiger partial charge in [0.25, 0.3) is 0 Å². The topological polar surface area (TPSA) is 56.8 Å². The molecule has 1 aliphatic heterocycles. The third kappa shape index (κ3) is 5.33. The van der Waals surface area contributed by atoms with E-state index in [4.69, 9.17) is 14.2 Å². The second-order valence-electron chi connectivity index (χ2n) is 4.94. The molecule has 1 unspecified atom stereocenters. The van der Waals surface area contributed by atoms with Gasteiger partial charge in [-0.1, -0.05) is 0 Å². The van der Waals surface area contributed by atoms with Crippen LogP contribution in [0.5, 0.6) is 0 Å². The van der Waals surface area contributed by atoms with Crippen LogP contribution in [0.1, 0.15) is 26.2 Å². The van der Waals surface area contributed by atoms with Gasteiger partial charge in [-0.05, 0) is 32.7 Å². The minimum absolute atomic E-state index is 0.116. The fraction of sp³-hybridized carbons (Fsp3) is 0.923. The molecular formula is C13H25NO4. The molecule has 1 N–H and O–H groups in total. The fourth-order valence-corrected chi connectivity index (χ4v) is 2.01. The number of esters is 1. The van der Waals surface area contributed by atoms with Gasteiger partial charge in [0.05, 0.1) is 12.0 Å². The molecule has 0 bridgehead atoms. The number of ether oxygens (including phenoxy) is 3. The van der Waals surface area contributed by atoms with Gasteiger partial charge >= 0.3 is 5.97 Å². The summed E-state index contributed by atoms with van der Waals surface area (Å²) in [6, 6.07) is 0. The van der Waals surface area contributed by atoms with Crippen molar-refractivity contribution in [2.24, 2.45) is 5.41 Å². The summed E-state index contributed by atoms with van der Waals surface area (Å²) in [6.45, 7) is 5.79. The normalized spacial score (nSPS) is 23.9. The molecule has 0 aromatic carbocycles. The summed E-state index contributed by atoms with van der Waals surface area (Å²) in [5.74, 6) is -0.116. The van der Waals surface area contributed by atoms with Crippen LogP contribution < -0.4 is 5.32 Å². The maximum absolute atomic E-state index is 11.9. The van der Waals surface area contributed by atoms with E-state index in [0.717, 1.165) is 25.8 Å². The highest BCUT2D eigenvalue weighted by Crippen LogP contribution is 2.26. The Labute approximate surface area is 109 Å². The zero-order chi connectivity index (χ0) is 13.3. The molecule has 0 radical (unpaired) electrons. The maximum atomic E-state index is 11.9. The van der Waals surface area contributed by atoms with Gasteiger partial charge in [0.2, 0.25) is 0 Å². The van der Waals surface area contributed by atoms with Gasteiger partial charge in [-0.15, -0.1) is 0 Å². The molecule has 0 amide bonds. The highest BCUT2D eigenvalue weighted by Gasteiger charge is 2.35. The molecule has 0 saturated carbocycles. The van der Waals surface area contributed by atoms with Gasteiger partial charge in [0.1, 0.15) is 6.61 Å². The number of hydrogen-bond acceptors (Lipinski definition) is 5. The summed E-state index contributed by atoms with van der Waals surface area (Å²) in [4.78, 5) is 11.9. The molecule has 1 fully saturated rings. The van der Waals surface area contributed by atoms with Crippen molar-refractivity contribution in [2.75, 3.05) is 46.6 Å². The number of hydrogen-bond donors (Lipinski definition) is 1. The van der Waals surface area contributed by atoms with E-state index < -0.39 is 0 Å². The SMILES string of the molecule is COCCCOCCOC(=O)C1(C)CCCNC1.